The van der Waals surface area contributed by atoms with Gasteiger partial charge in [-0.15, -0.1) is 0 Å². The highest BCUT2D eigenvalue weighted by Gasteiger charge is 2.18. The number of nitrogens with zero attached hydrogens (tertiary/aromatic N) is 2. The van der Waals surface area contributed by atoms with Gasteiger partial charge in [0.1, 0.15) is 5.75 Å². The number of aromatic nitrogens is 2. The predicted octanol–water partition coefficient (Wildman–Crippen LogP) is 3.22. The van der Waals surface area contributed by atoms with Gasteiger partial charge in [-0.25, -0.2) is 0 Å². The van der Waals surface area contributed by atoms with Crippen LogP contribution in [-0.2, 0) is 0 Å². The number of carbonyl (C=O) groups excluding carboxylic acids is 1. The average molecular weight is 393 g/mol. The van der Waals surface area contributed by atoms with Crippen molar-refractivity contribution in [2.75, 3.05) is 25.0 Å². The van der Waals surface area contributed by atoms with Crippen LogP contribution in [0.25, 0.3) is 0 Å². The Morgan fingerprint density at radius 2 is 2.38 bits per heavy atom. The Hall–Kier alpha value is -1.86. The highest BCUT2D eigenvalue weighted by molar-refractivity contribution is 9.10. The van der Waals surface area contributed by atoms with Crippen LogP contribution >= 0.6 is 15.9 Å². The van der Waals surface area contributed by atoms with Crippen molar-refractivity contribution in [3.8, 4) is 5.75 Å². The molecule has 0 spiro atoms. The highest BCUT2D eigenvalue weighted by atomic mass is 79.9. The first-order valence-corrected chi connectivity index (χ1v) is 8.96. The largest absolute Gasteiger partial charge is 0.492 e. The van der Waals surface area contributed by atoms with Gasteiger partial charge in [0.25, 0.3) is 5.91 Å². The number of hydrogen-bond acceptors (Lipinski definition) is 4. The van der Waals surface area contributed by atoms with Gasteiger partial charge in [-0.2, -0.15) is 5.10 Å². The first kappa shape index (κ1) is 17.0. The van der Waals surface area contributed by atoms with Gasteiger partial charge in [0.15, 0.2) is 5.69 Å². The maximum Gasteiger partial charge on any atom is 0.276 e. The summed E-state index contributed by atoms with van der Waals surface area (Å²) in [6.07, 6.45) is 4.08. The lowest BCUT2D eigenvalue weighted by Gasteiger charge is -2.22. The third-order valence-corrected chi connectivity index (χ3v) is 4.47. The number of amides is 1. The van der Waals surface area contributed by atoms with Crippen molar-refractivity contribution in [1.82, 2.24) is 15.1 Å². The minimum atomic E-state index is -0.239. The predicted molar refractivity (Wildman–Crippen MR) is 96.6 cm³/mol. The monoisotopic (exact) mass is 392 g/mol. The molecule has 0 saturated carbocycles. The van der Waals surface area contributed by atoms with Crippen molar-refractivity contribution in [1.29, 1.82) is 0 Å². The van der Waals surface area contributed by atoms with Crippen LogP contribution in [0.2, 0.25) is 0 Å². The summed E-state index contributed by atoms with van der Waals surface area (Å²) in [5.74, 6) is 0.404. The topological polar surface area (TPSA) is 68.2 Å². The van der Waals surface area contributed by atoms with Gasteiger partial charge < -0.3 is 15.4 Å². The molecule has 2 aromatic rings. The summed E-state index contributed by atoms with van der Waals surface area (Å²) in [5, 5.41) is 10.7. The molecule has 6 nitrogen and oxygen atoms in total. The molecule has 1 atom stereocenters. The number of hydrogen-bond donors (Lipinski definition) is 2. The minimum Gasteiger partial charge on any atom is -0.492 e. The van der Waals surface area contributed by atoms with Crippen LogP contribution in [0.1, 0.15) is 36.3 Å². The number of carbonyl (C=O) groups is 1. The Kier molecular flexibility index (Phi) is 5.52. The first-order valence-electron chi connectivity index (χ1n) is 8.17. The normalized spacial score (nSPS) is 17.5. The van der Waals surface area contributed by atoms with E-state index in [0.717, 1.165) is 30.4 Å². The van der Waals surface area contributed by atoms with Gasteiger partial charge >= 0.3 is 0 Å². The molecule has 1 amide bonds. The molecule has 1 fully saturated rings. The molecule has 7 heteroatoms. The highest BCUT2D eigenvalue weighted by Crippen LogP contribution is 2.28. The third kappa shape index (κ3) is 3.96. The number of anilines is 1. The Morgan fingerprint density at radius 1 is 1.50 bits per heavy atom. The van der Waals surface area contributed by atoms with Crippen molar-refractivity contribution in [3.05, 3.63) is 40.6 Å². The Bertz CT molecular complexity index is 710. The summed E-state index contributed by atoms with van der Waals surface area (Å²) in [5.41, 5.74) is 1.04. The van der Waals surface area contributed by atoms with E-state index in [-0.39, 0.29) is 5.91 Å². The molecule has 0 aliphatic carbocycles. The van der Waals surface area contributed by atoms with E-state index < -0.39 is 0 Å². The van der Waals surface area contributed by atoms with Crippen LogP contribution in [-0.4, -0.2) is 35.4 Å². The Morgan fingerprint density at radius 3 is 3.12 bits per heavy atom. The van der Waals surface area contributed by atoms with Crippen molar-refractivity contribution >= 4 is 27.5 Å². The number of halogens is 1. The second-order valence-corrected chi connectivity index (χ2v) is 6.62. The van der Waals surface area contributed by atoms with Crippen LogP contribution in [0.15, 0.2) is 34.9 Å². The lowest BCUT2D eigenvalue weighted by molar-refractivity contribution is 0.102. The lowest BCUT2D eigenvalue weighted by atomic mass is 10.1. The van der Waals surface area contributed by atoms with Crippen LogP contribution in [0.5, 0.6) is 5.75 Å². The number of rotatable bonds is 5. The van der Waals surface area contributed by atoms with Crippen molar-refractivity contribution < 1.29 is 9.53 Å². The number of ether oxygens (including phenoxy) is 1. The van der Waals surface area contributed by atoms with E-state index in [0.29, 0.717) is 29.8 Å². The summed E-state index contributed by atoms with van der Waals surface area (Å²) in [6.45, 7) is 4.39. The first-order chi connectivity index (χ1) is 11.7. The maximum absolute atomic E-state index is 12.5. The molecule has 2 heterocycles. The van der Waals surface area contributed by atoms with E-state index in [9.17, 15) is 4.79 Å². The molecule has 1 aromatic heterocycles. The van der Waals surface area contributed by atoms with Crippen molar-refractivity contribution in [2.24, 2.45) is 0 Å². The molecule has 0 bridgehead atoms. The molecule has 2 N–H and O–H groups in total. The Balaban J connectivity index is 1.73. The lowest BCUT2D eigenvalue weighted by Crippen LogP contribution is -2.32. The Labute approximate surface area is 149 Å². The molecule has 1 saturated heterocycles. The van der Waals surface area contributed by atoms with Gasteiger partial charge in [-0.1, -0.05) is 15.9 Å². The quantitative estimate of drug-likeness (QED) is 0.819. The minimum absolute atomic E-state index is 0.239. The summed E-state index contributed by atoms with van der Waals surface area (Å²) in [6, 6.07) is 7.60. The second kappa shape index (κ2) is 7.81. The summed E-state index contributed by atoms with van der Waals surface area (Å²) < 4.78 is 8.32. The fraction of sp³-hybridized carbons (Fsp3) is 0.412. The smallest absolute Gasteiger partial charge is 0.276 e. The van der Waals surface area contributed by atoms with E-state index in [4.69, 9.17) is 4.74 Å². The fourth-order valence-corrected chi connectivity index (χ4v) is 3.15. The van der Waals surface area contributed by atoms with Crippen LogP contribution < -0.4 is 15.4 Å². The SMILES string of the molecule is CCOc1ccc(Br)cc1NC(=O)c1ccn(C2CCCNC2)n1. The van der Waals surface area contributed by atoms with Crippen LogP contribution in [0.3, 0.4) is 0 Å². The van der Waals surface area contributed by atoms with E-state index >= 15 is 0 Å². The van der Waals surface area contributed by atoms with Gasteiger partial charge in [0.2, 0.25) is 0 Å². The summed E-state index contributed by atoms with van der Waals surface area (Å²) in [4.78, 5) is 12.5. The molecule has 1 aromatic carbocycles. The summed E-state index contributed by atoms with van der Waals surface area (Å²) >= 11 is 3.42. The third-order valence-electron chi connectivity index (χ3n) is 3.98. The van der Waals surface area contributed by atoms with Crippen molar-refractivity contribution in [3.63, 3.8) is 0 Å². The van der Waals surface area contributed by atoms with E-state index in [1.807, 2.05) is 36.0 Å². The van der Waals surface area contributed by atoms with Crippen LogP contribution in [0, 0.1) is 0 Å². The molecular formula is C17H21BrN4O2. The molecule has 24 heavy (non-hydrogen) atoms. The molecule has 1 aliphatic rings. The molecule has 128 valence electrons. The van der Waals surface area contributed by atoms with E-state index in [2.05, 4.69) is 31.7 Å². The molecule has 0 radical (unpaired) electrons. The van der Waals surface area contributed by atoms with Gasteiger partial charge in [-0.05, 0) is 50.6 Å². The zero-order valence-corrected chi connectivity index (χ0v) is 15.2. The van der Waals surface area contributed by atoms with Gasteiger partial charge in [0.05, 0.1) is 18.3 Å². The zero-order chi connectivity index (χ0) is 16.9. The maximum atomic E-state index is 12.5. The van der Waals surface area contributed by atoms with E-state index in [1.54, 1.807) is 6.07 Å². The second-order valence-electron chi connectivity index (χ2n) is 5.71. The molecule has 1 aliphatic heterocycles. The van der Waals surface area contributed by atoms with Crippen molar-refractivity contribution in [2.45, 2.75) is 25.8 Å². The van der Waals surface area contributed by atoms with E-state index in [1.165, 1.54) is 0 Å². The fourth-order valence-electron chi connectivity index (χ4n) is 2.79. The van der Waals surface area contributed by atoms with Crippen LogP contribution in [0.4, 0.5) is 5.69 Å². The standard InChI is InChI=1S/C17H21BrN4O2/c1-2-24-16-6-5-12(18)10-15(16)20-17(23)14-7-9-22(21-14)13-4-3-8-19-11-13/h5-7,9-10,13,19H,2-4,8,11H2,1H3,(H,20,23). The zero-order valence-electron chi connectivity index (χ0n) is 13.6. The molecule has 3 rings (SSSR count). The van der Waals surface area contributed by atoms with Gasteiger partial charge in [-0.3, -0.25) is 9.48 Å². The molecular weight excluding hydrogens is 372 g/mol. The number of benzene rings is 1. The average Bonchev–Trinajstić information content (AvgIpc) is 3.08. The molecule has 1 unspecified atom stereocenters. The number of piperidine rings is 1. The number of nitrogens with one attached hydrogen (secondary N) is 2. The van der Waals surface area contributed by atoms with Gasteiger partial charge in [0, 0.05) is 17.2 Å². The summed E-state index contributed by atoms with van der Waals surface area (Å²) in [7, 11) is 0.